The minimum Gasteiger partial charge on any atom is -0.493 e. The molecule has 5 heteroatoms. The molecule has 4 nitrogen and oxygen atoms in total. The van der Waals surface area contributed by atoms with Gasteiger partial charge in [0.1, 0.15) is 11.6 Å². The Morgan fingerprint density at radius 3 is 2.75 bits per heavy atom. The normalized spacial score (nSPS) is 10.8. The van der Waals surface area contributed by atoms with Gasteiger partial charge in [0.15, 0.2) is 5.78 Å². The first kappa shape index (κ1) is 18.1. The molecule has 0 spiro atoms. The van der Waals surface area contributed by atoms with Crippen molar-refractivity contribution in [3.05, 3.63) is 65.5 Å². The molecule has 2 rings (SSSR count). The van der Waals surface area contributed by atoms with Crippen molar-refractivity contribution < 1.29 is 19.0 Å². The highest BCUT2D eigenvalue weighted by atomic mass is 19.1. The van der Waals surface area contributed by atoms with Gasteiger partial charge in [0, 0.05) is 25.1 Å². The molecular weight excluding hydrogens is 309 g/mol. The minimum absolute atomic E-state index is 0.102. The van der Waals surface area contributed by atoms with Gasteiger partial charge in [-0.05, 0) is 36.9 Å². The third-order valence-electron chi connectivity index (χ3n) is 3.48. The number of aliphatic hydroxyl groups excluding tert-OH is 1. The first-order chi connectivity index (χ1) is 11.6. The van der Waals surface area contributed by atoms with Crippen LogP contribution in [0.4, 0.5) is 4.39 Å². The van der Waals surface area contributed by atoms with Crippen LogP contribution in [0.3, 0.4) is 0 Å². The van der Waals surface area contributed by atoms with Crippen LogP contribution in [0, 0.1) is 5.82 Å². The quantitative estimate of drug-likeness (QED) is 0.567. The monoisotopic (exact) mass is 331 g/mol. The molecule has 2 aromatic carbocycles. The predicted molar refractivity (Wildman–Crippen MR) is 90.7 cm³/mol. The lowest BCUT2D eigenvalue weighted by molar-refractivity contribution is 0.0942. The highest BCUT2D eigenvalue weighted by molar-refractivity contribution is 5.97. The molecule has 0 radical (unpaired) electrons. The van der Waals surface area contributed by atoms with Crippen molar-refractivity contribution >= 4 is 5.78 Å². The Morgan fingerprint density at radius 1 is 1.21 bits per heavy atom. The lowest BCUT2D eigenvalue weighted by atomic mass is 10.1. The van der Waals surface area contributed by atoms with Gasteiger partial charge in [0.05, 0.1) is 13.2 Å². The van der Waals surface area contributed by atoms with Gasteiger partial charge < -0.3 is 9.84 Å². The Morgan fingerprint density at radius 2 is 2.00 bits per heavy atom. The zero-order chi connectivity index (χ0) is 17.4. The van der Waals surface area contributed by atoms with Crippen LogP contribution in [0.15, 0.2) is 48.5 Å². The summed E-state index contributed by atoms with van der Waals surface area (Å²) in [5.41, 5.74) is 1.40. The van der Waals surface area contributed by atoms with Gasteiger partial charge in [-0.25, -0.2) is 4.39 Å². The van der Waals surface area contributed by atoms with E-state index in [2.05, 4.69) is 0 Å². The Bertz CT molecular complexity index is 675. The summed E-state index contributed by atoms with van der Waals surface area (Å²) in [5.74, 6) is 0.217. The molecule has 0 amide bonds. The number of ketones is 1. The number of Topliss-reactive ketones (excluding diaryl/α,β-unsaturated/α-hetero) is 1. The number of rotatable bonds is 9. The van der Waals surface area contributed by atoms with Gasteiger partial charge in [-0.1, -0.05) is 24.3 Å². The summed E-state index contributed by atoms with van der Waals surface area (Å²) in [6.07, 6.45) is 0.590. The van der Waals surface area contributed by atoms with Crippen LogP contribution in [-0.2, 0) is 6.54 Å². The van der Waals surface area contributed by atoms with Gasteiger partial charge in [-0.2, -0.15) is 0 Å². The van der Waals surface area contributed by atoms with E-state index in [1.807, 2.05) is 36.2 Å². The van der Waals surface area contributed by atoms with Crippen LogP contribution in [0.1, 0.15) is 22.3 Å². The van der Waals surface area contributed by atoms with E-state index in [0.717, 1.165) is 11.3 Å². The van der Waals surface area contributed by atoms with Crippen LogP contribution in [0.5, 0.6) is 5.75 Å². The number of carbonyl (C=O) groups is 1. The average molecular weight is 331 g/mol. The molecule has 0 aromatic heterocycles. The van der Waals surface area contributed by atoms with Crippen molar-refractivity contribution in [1.29, 1.82) is 0 Å². The molecule has 0 saturated carbocycles. The van der Waals surface area contributed by atoms with Crippen molar-refractivity contribution in [3.63, 3.8) is 0 Å². The van der Waals surface area contributed by atoms with Crippen LogP contribution >= 0.6 is 0 Å². The number of nitrogens with zero attached hydrogens (tertiary/aromatic N) is 1. The second-order valence-electron chi connectivity index (χ2n) is 5.68. The summed E-state index contributed by atoms with van der Waals surface area (Å²) in [6, 6.07) is 13.4. The van der Waals surface area contributed by atoms with Crippen LogP contribution in [0.25, 0.3) is 0 Å². The smallest absolute Gasteiger partial charge is 0.176 e. The number of likely N-dealkylation sites (N-methyl/N-ethyl adjacent to an activating group) is 1. The second-order valence-corrected chi connectivity index (χ2v) is 5.68. The first-order valence-corrected chi connectivity index (χ1v) is 7.88. The van der Waals surface area contributed by atoms with E-state index in [-0.39, 0.29) is 18.9 Å². The lowest BCUT2D eigenvalue weighted by Crippen LogP contribution is -2.25. The van der Waals surface area contributed by atoms with Gasteiger partial charge >= 0.3 is 0 Å². The molecule has 0 fully saturated rings. The second kappa shape index (κ2) is 9.15. The third-order valence-corrected chi connectivity index (χ3v) is 3.48. The molecule has 0 saturated heterocycles. The zero-order valence-corrected chi connectivity index (χ0v) is 13.7. The number of hydrogen-bond acceptors (Lipinski definition) is 4. The Hall–Kier alpha value is -2.24. The molecular formula is C19H22FNO3. The van der Waals surface area contributed by atoms with E-state index < -0.39 is 5.82 Å². The molecule has 128 valence electrons. The zero-order valence-electron chi connectivity index (χ0n) is 13.7. The molecule has 2 aromatic rings. The molecule has 0 aliphatic heterocycles. The van der Waals surface area contributed by atoms with Gasteiger partial charge in [-0.15, -0.1) is 0 Å². The SMILES string of the molecule is CN(CC(=O)c1cccc(F)c1)Cc1cccc(OCCCO)c1. The lowest BCUT2D eigenvalue weighted by Gasteiger charge is -2.16. The molecule has 0 aliphatic carbocycles. The fourth-order valence-corrected chi connectivity index (χ4v) is 2.35. The van der Waals surface area contributed by atoms with E-state index in [4.69, 9.17) is 9.84 Å². The van der Waals surface area contributed by atoms with E-state index in [9.17, 15) is 9.18 Å². The standard InChI is InChI=1S/C19H22FNO3/c1-21(14-19(23)16-6-3-7-17(20)12-16)13-15-5-2-8-18(11-15)24-10-4-9-22/h2-3,5-8,11-12,22H,4,9-10,13-14H2,1H3. The fourth-order valence-electron chi connectivity index (χ4n) is 2.35. The van der Waals surface area contributed by atoms with Crippen molar-refractivity contribution in [2.75, 3.05) is 26.8 Å². The number of hydrogen-bond donors (Lipinski definition) is 1. The summed E-state index contributed by atoms with van der Waals surface area (Å²) in [6.45, 7) is 1.36. The molecule has 24 heavy (non-hydrogen) atoms. The maximum absolute atomic E-state index is 13.2. The Labute approximate surface area is 141 Å². The van der Waals surface area contributed by atoms with Crippen LogP contribution in [0.2, 0.25) is 0 Å². The summed E-state index contributed by atoms with van der Waals surface area (Å²) < 4.78 is 18.7. The van der Waals surface area contributed by atoms with Gasteiger partial charge in [0.25, 0.3) is 0 Å². The molecule has 0 aliphatic rings. The molecule has 0 bridgehead atoms. The summed E-state index contributed by atoms with van der Waals surface area (Å²) >= 11 is 0. The van der Waals surface area contributed by atoms with Gasteiger partial charge in [-0.3, -0.25) is 9.69 Å². The van der Waals surface area contributed by atoms with Crippen molar-refractivity contribution in [1.82, 2.24) is 4.90 Å². The Balaban J connectivity index is 1.90. The molecule has 0 atom stereocenters. The predicted octanol–water partition coefficient (Wildman–Crippen LogP) is 2.90. The van der Waals surface area contributed by atoms with Gasteiger partial charge in [0.2, 0.25) is 0 Å². The maximum Gasteiger partial charge on any atom is 0.176 e. The summed E-state index contributed by atoms with van der Waals surface area (Å²) in [4.78, 5) is 14.1. The largest absolute Gasteiger partial charge is 0.493 e. The fraction of sp³-hybridized carbons (Fsp3) is 0.316. The third kappa shape index (κ3) is 5.76. The number of halogens is 1. The average Bonchev–Trinajstić information content (AvgIpc) is 2.55. The van der Waals surface area contributed by atoms with Crippen LogP contribution < -0.4 is 4.74 Å². The topological polar surface area (TPSA) is 49.8 Å². The number of carbonyl (C=O) groups excluding carboxylic acids is 1. The minimum atomic E-state index is -0.406. The molecule has 0 unspecified atom stereocenters. The Kier molecular flexibility index (Phi) is 6.90. The highest BCUT2D eigenvalue weighted by Gasteiger charge is 2.11. The van der Waals surface area contributed by atoms with E-state index in [0.29, 0.717) is 25.1 Å². The van der Waals surface area contributed by atoms with E-state index >= 15 is 0 Å². The van der Waals surface area contributed by atoms with E-state index in [1.54, 1.807) is 6.07 Å². The molecule has 1 N–H and O–H groups in total. The highest BCUT2D eigenvalue weighted by Crippen LogP contribution is 2.15. The summed E-state index contributed by atoms with van der Waals surface area (Å²) in [7, 11) is 1.84. The van der Waals surface area contributed by atoms with E-state index in [1.165, 1.54) is 18.2 Å². The van der Waals surface area contributed by atoms with Crippen molar-refractivity contribution in [2.24, 2.45) is 0 Å². The van der Waals surface area contributed by atoms with Crippen LogP contribution in [-0.4, -0.2) is 42.6 Å². The maximum atomic E-state index is 13.2. The van der Waals surface area contributed by atoms with Crippen molar-refractivity contribution in [2.45, 2.75) is 13.0 Å². The number of ether oxygens (including phenoxy) is 1. The van der Waals surface area contributed by atoms with Crippen molar-refractivity contribution in [3.8, 4) is 5.75 Å². The number of aliphatic hydroxyl groups is 1. The molecule has 0 heterocycles. The summed E-state index contributed by atoms with van der Waals surface area (Å²) in [5, 5.41) is 8.77. The number of benzene rings is 2. The first-order valence-electron chi connectivity index (χ1n) is 7.88.